The summed E-state index contributed by atoms with van der Waals surface area (Å²) in [6.45, 7) is 4.84. The maximum Gasteiger partial charge on any atom is 0.338 e. The molecule has 116 valence electrons. The summed E-state index contributed by atoms with van der Waals surface area (Å²) in [5.41, 5.74) is 0.232. The van der Waals surface area contributed by atoms with Gasteiger partial charge in [0, 0.05) is 6.54 Å². The second-order valence-electron chi connectivity index (χ2n) is 5.89. The molecule has 1 aromatic heterocycles. The van der Waals surface area contributed by atoms with Crippen molar-refractivity contribution < 1.29 is 14.7 Å². The van der Waals surface area contributed by atoms with Gasteiger partial charge in [0.05, 0.1) is 5.56 Å². The maximum atomic E-state index is 11.9. The maximum absolute atomic E-state index is 11.9. The first kappa shape index (κ1) is 15.8. The third kappa shape index (κ3) is 4.18. The van der Waals surface area contributed by atoms with Gasteiger partial charge < -0.3 is 15.3 Å². The van der Waals surface area contributed by atoms with Gasteiger partial charge in [-0.15, -0.1) is 11.3 Å². The molecule has 1 aromatic rings. The summed E-state index contributed by atoms with van der Waals surface area (Å²) < 4.78 is 0. The molecule has 0 unspecified atom stereocenters. The number of anilines is 1. The Morgan fingerprint density at radius 3 is 2.71 bits per heavy atom. The molecular formula is C14H21N3O3S. The number of rotatable bonds is 4. The fourth-order valence-electron chi connectivity index (χ4n) is 2.35. The Morgan fingerprint density at radius 2 is 2.10 bits per heavy atom. The zero-order valence-corrected chi connectivity index (χ0v) is 13.1. The molecule has 0 aliphatic carbocycles. The van der Waals surface area contributed by atoms with Crippen molar-refractivity contribution in [3.05, 3.63) is 17.0 Å². The van der Waals surface area contributed by atoms with Crippen LogP contribution in [0.4, 0.5) is 9.80 Å². The van der Waals surface area contributed by atoms with Crippen LogP contribution in [0, 0.1) is 5.41 Å². The first-order chi connectivity index (χ1) is 9.89. The number of aromatic carboxylic acids is 1. The Balaban J connectivity index is 1.85. The average molecular weight is 311 g/mol. The Morgan fingerprint density at radius 1 is 1.43 bits per heavy atom. The predicted octanol–water partition coefficient (Wildman–Crippen LogP) is 2.30. The van der Waals surface area contributed by atoms with E-state index in [4.69, 9.17) is 5.11 Å². The second-order valence-corrected chi connectivity index (χ2v) is 6.81. The van der Waals surface area contributed by atoms with E-state index < -0.39 is 5.97 Å². The van der Waals surface area contributed by atoms with Crippen molar-refractivity contribution in [1.29, 1.82) is 0 Å². The number of hydrogen-bond donors (Lipinski definition) is 3. The Labute approximate surface area is 128 Å². The highest BCUT2D eigenvalue weighted by atomic mass is 32.1. The molecule has 1 fully saturated rings. The number of likely N-dealkylation sites (tertiary alicyclic amines) is 1. The van der Waals surface area contributed by atoms with Crippen LogP contribution in [0.15, 0.2) is 11.4 Å². The molecule has 6 nitrogen and oxygen atoms in total. The number of thiophene rings is 1. The van der Waals surface area contributed by atoms with Gasteiger partial charge in [-0.2, -0.15) is 0 Å². The van der Waals surface area contributed by atoms with E-state index in [0.29, 0.717) is 11.5 Å². The number of amides is 2. The van der Waals surface area contributed by atoms with Crippen molar-refractivity contribution >= 4 is 28.3 Å². The predicted molar refractivity (Wildman–Crippen MR) is 83.1 cm³/mol. The molecule has 0 atom stereocenters. The van der Waals surface area contributed by atoms with Crippen molar-refractivity contribution in [1.82, 2.24) is 10.2 Å². The molecule has 2 amide bonds. The summed E-state index contributed by atoms with van der Waals surface area (Å²) >= 11 is 1.21. The van der Waals surface area contributed by atoms with Gasteiger partial charge in [-0.1, -0.05) is 6.92 Å². The lowest BCUT2D eigenvalue weighted by molar-refractivity contribution is 0.0698. The molecule has 3 N–H and O–H groups in total. The number of hydrogen-bond acceptors (Lipinski definition) is 4. The van der Waals surface area contributed by atoms with E-state index in [1.165, 1.54) is 17.4 Å². The number of carbonyl (C=O) groups is 2. The minimum atomic E-state index is -1.03. The van der Waals surface area contributed by atoms with Crippen molar-refractivity contribution in [3.8, 4) is 0 Å². The minimum Gasteiger partial charge on any atom is -0.478 e. The molecular weight excluding hydrogens is 290 g/mol. The normalized spacial score (nSPS) is 18.2. The molecule has 0 aromatic carbocycles. The second kappa shape index (κ2) is 6.44. The molecule has 7 heteroatoms. The molecule has 21 heavy (non-hydrogen) atoms. The summed E-state index contributed by atoms with van der Waals surface area (Å²) in [5.74, 6) is -1.03. The summed E-state index contributed by atoms with van der Waals surface area (Å²) in [7, 11) is 2.10. The number of carboxylic acid groups (broad SMARTS) is 1. The highest BCUT2D eigenvalue weighted by Crippen LogP contribution is 2.29. The van der Waals surface area contributed by atoms with Crippen LogP contribution in [0.2, 0.25) is 0 Å². The molecule has 0 radical (unpaired) electrons. The van der Waals surface area contributed by atoms with E-state index >= 15 is 0 Å². The van der Waals surface area contributed by atoms with E-state index in [1.54, 1.807) is 5.38 Å². The third-order valence-corrected chi connectivity index (χ3v) is 4.82. The van der Waals surface area contributed by atoms with Gasteiger partial charge >= 0.3 is 12.0 Å². The summed E-state index contributed by atoms with van der Waals surface area (Å²) in [5, 5.41) is 16.5. The Kier molecular flexibility index (Phi) is 4.84. The number of nitrogens with one attached hydrogen (secondary N) is 2. The van der Waals surface area contributed by atoms with Crippen LogP contribution in [-0.4, -0.2) is 48.7 Å². The zero-order chi connectivity index (χ0) is 15.5. The van der Waals surface area contributed by atoms with Crippen LogP contribution in [0.1, 0.15) is 30.1 Å². The van der Waals surface area contributed by atoms with Gasteiger partial charge in [0.25, 0.3) is 0 Å². The van der Waals surface area contributed by atoms with Crippen molar-refractivity contribution in [2.45, 2.75) is 19.8 Å². The lowest BCUT2D eigenvalue weighted by Crippen LogP contribution is -2.44. The van der Waals surface area contributed by atoms with Crippen LogP contribution in [0.25, 0.3) is 0 Å². The molecule has 2 rings (SSSR count). The van der Waals surface area contributed by atoms with Gasteiger partial charge in [-0.05, 0) is 49.8 Å². The molecule has 2 heterocycles. The van der Waals surface area contributed by atoms with Gasteiger partial charge in [0.2, 0.25) is 0 Å². The van der Waals surface area contributed by atoms with E-state index in [9.17, 15) is 9.59 Å². The molecule has 1 aliphatic heterocycles. The number of carboxylic acids is 1. The van der Waals surface area contributed by atoms with Crippen molar-refractivity contribution in [2.24, 2.45) is 5.41 Å². The first-order valence-electron chi connectivity index (χ1n) is 6.94. The van der Waals surface area contributed by atoms with E-state index in [1.807, 2.05) is 0 Å². The number of carbonyl (C=O) groups excluding carboxylic acids is 1. The number of piperidine rings is 1. The minimum absolute atomic E-state index is 0.106. The van der Waals surface area contributed by atoms with Crippen molar-refractivity contribution in [3.63, 3.8) is 0 Å². The first-order valence-corrected chi connectivity index (χ1v) is 7.82. The average Bonchev–Trinajstić information content (AvgIpc) is 2.89. The number of urea groups is 1. The highest BCUT2D eigenvalue weighted by molar-refractivity contribution is 7.14. The molecule has 0 spiro atoms. The van der Waals surface area contributed by atoms with Crippen LogP contribution in [0.3, 0.4) is 0 Å². The smallest absolute Gasteiger partial charge is 0.338 e. The van der Waals surface area contributed by atoms with Crippen LogP contribution in [0.5, 0.6) is 0 Å². The van der Waals surface area contributed by atoms with Gasteiger partial charge in [0.15, 0.2) is 0 Å². The highest BCUT2D eigenvalue weighted by Gasteiger charge is 2.29. The Hall–Kier alpha value is -1.60. The van der Waals surface area contributed by atoms with E-state index in [2.05, 4.69) is 29.5 Å². The fourth-order valence-corrected chi connectivity index (χ4v) is 3.12. The van der Waals surface area contributed by atoms with Gasteiger partial charge in [0.1, 0.15) is 5.00 Å². The lowest BCUT2D eigenvalue weighted by atomic mass is 9.80. The van der Waals surface area contributed by atoms with Gasteiger partial charge in [-0.25, -0.2) is 9.59 Å². The monoisotopic (exact) mass is 311 g/mol. The van der Waals surface area contributed by atoms with Crippen LogP contribution < -0.4 is 10.6 Å². The van der Waals surface area contributed by atoms with Crippen molar-refractivity contribution in [2.75, 3.05) is 32.0 Å². The summed E-state index contributed by atoms with van der Waals surface area (Å²) in [4.78, 5) is 25.2. The largest absolute Gasteiger partial charge is 0.478 e. The summed E-state index contributed by atoms with van der Waals surface area (Å²) in [6.07, 6.45) is 2.09. The lowest BCUT2D eigenvalue weighted by Gasteiger charge is -2.37. The molecule has 1 aliphatic rings. The fraction of sp³-hybridized carbons (Fsp3) is 0.571. The third-order valence-electron chi connectivity index (χ3n) is 3.99. The Bertz CT molecular complexity index is 521. The van der Waals surface area contributed by atoms with Crippen LogP contribution in [-0.2, 0) is 0 Å². The standard InChI is InChI=1S/C14H21N3O3S/c1-14(4-6-17(2)7-5-14)9-15-13(20)16-11-10(12(18)19)3-8-21-11/h3,8H,4-7,9H2,1-2H3,(H,18,19)(H2,15,16,20). The molecule has 1 saturated heterocycles. The quantitative estimate of drug-likeness (QED) is 0.797. The summed E-state index contributed by atoms with van der Waals surface area (Å²) in [6, 6.07) is 1.14. The molecule has 0 bridgehead atoms. The SMILES string of the molecule is CN1CCC(C)(CNC(=O)Nc2sccc2C(=O)O)CC1. The topological polar surface area (TPSA) is 81.7 Å². The van der Waals surface area contributed by atoms with E-state index in [-0.39, 0.29) is 17.0 Å². The van der Waals surface area contributed by atoms with E-state index in [0.717, 1.165) is 25.9 Å². The van der Waals surface area contributed by atoms with Crippen LogP contribution >= 0.6 is 11.3 Å². The number of nitrogens with zero attached hydrogens (tertiary/aromatic N) is 1. The zero-order valence-electron chi connectivity index (χ0n) is 12.3. The van der Waals surface area contributed by atoms with Gasteiger partial charge in [-0.3, -0.25) is 5.32 Å². The molecule has 0 saturated carbocycles.